The summed E-state index contributed by atoms with van der Waals surface area (Å²) < 4.78 is 0. The SMILES string of the molecule is CCCc1ccc(-c2ccccc2Nc2ccc(-c3ccc(N(c4ccccc4)c4ccc(-c5ccc(N(c6ccccc6)c6ccc(-c7ccc(Nc8ccccc8-c8ccc(CCC)cc8)cc7)cc6)cc5)cc4)cc3)cc2)cc1. The van der Waals surface area contributed by atoms with Crippen molar-refractivity contribution < 1.29 is 0 Å². The van der Waals surface area contributed by atoms with Crippen LogP contribution in [0.3, 0.4) is 0 Å². The Balaban J connectivity index is 0.730. The van der Waals surface area contributed by atoms with Crippen molar-refractivity contribution in [1.82, 2.24) is 0 Å². The standard InChI is InChI=1S/C78H66N4/c1-3-15-57-25-29-65(30-26-57)75-21-11-13-23-77(75)79-67-45-33-59(34-46-67)61-37-49-71(50-38-61)81(69-17-7-5-8-18-69)73-53-41-63(42-54-73)64-43-55-74(56-44-64)82(70-19-9-6-10-20-70)72-51-39-62(40-52-72)60-35-47-68(48-36-60)80-78-24-14-12-22-76(78)66-31-27-58(16-4-2)28-32-66/h5-14,17-56,79-80H,3-4,15-16H2,1-2H3. The van der Waals surface area contributed by atoms with Crippen molar-refractivity contribution in [1.29, 1.82) is 0 Å². The van der Waals surface area contributed by atoms with Gasteiger partial charge in [-0.25, -0.2) is 0 Å². The molecule has 12 aromatic rings. The van der Waals surface area contributed by atoms with Gasteiger partial charge < -0.3 is 20.4 Å². The normalized spacial score (nSPS) is 11.0. The Morgan fingerprint density at radius 2 is 0.476 bits per heavy atom. The summed E-state index contributed by atoms with van der Waals surface area (Å²) >= 11 is 0. The molecule has 0 saturated carbocycles. The topological polar surface area (TPSA) is 30.5 Å². The second kappa shape index (κ2) is 24.9. The van der Waals surface area contributed by atoms with E-state index in [9.17, 15) is 0 Å². The Morgan fingerprint density at radius 3 is 0.768 bits per heavy atom. The predicted molar refractivity (Wildman–Crippen MR) is 350 cm³/mol. The van der Waals surface area contributed by atoms with Crippen LogP contribution in [0, 0.1) is 0 Å². The van der Waals surface area contributed by atoms with Gasteiger partial charge in [-0.2, -0.15) is 0 Å². The third kappa shape index (κ3) is 12.0. The van der Waals surface area contributed by atoms with Crippen LogP contribution in [0.5, 0.6) is 0 Å². The molecule has 0 aliphatic carbocycles. The van der Waals surface area contributed by atoms with Crippen LogP contribution in [0.1, 0.15) is 37.8 Å². The average Bonchev–Trinajstić information content (AvgIpc) is 3.57. The molecule has 398 valence electrons. The highest BCUT2D eigenvalue weighted by Crippen LogP contribution is 2.40. The molecule has 4 heteroatoms. The number of hydrogen-bond donors (Lipinski definition) is 2. The number of hydrogen-bond acceptors (Lipinski definition) is 4. The van der Waals surface area contributed by atoms with Crippen LogP contribution in [0.25, 0.3) is 55.6 Å². The predicted octanol–water partition coefficient (Wildman–Crippen LogP) is 22.4. The van der Waals surface area contributed by atoms with E-state index < -0.39 is 0 Å². The number of rotatable bonds is 19. The molecule has 82 heavy (non-hydrogen) atoms. The summed E-state index contributed by atoms with van der Waals surface area (Å²) in [5.74, 6) is 0. The number of anilines is 10. The van der Waals surface area contributed by atoms with Gasteiger partial charge in [0.15, 0.2) is 0 Å². The molecule has 4 nitrogen and oxygen atoms in total. The molecule has 0 heterocycles. The molecule has 0 amide bonds. The first-order valence-electron chi connectivity index (χ1n) is 28.8. The minimum atomic E-state index is 1.05. The largest absolute Gasteiger partial charge is 0.355 e. The van der Waals surface area contributed by atoms with Gasteiger partial charge in [0.1, 0.15) is 0 Å². The highest BCUT2D eigenvalue weighted by molar-refractivity contribution is 5.86. The number of nitrogens with one attached hydrogen (secondary N) is 2. The lowest BCUT2D eigenvalue weighted by atomic mass is 10.0. The second-order valence-corrected chi connectivity index (χ2v) is 20.9. The van der Waals surface area contributed by atoms with E-state index in [1.807, 2.05) is 0 Å². The minimum absolute atomic E-state index is 1.05. The first-order chi connectivity index (χ1) is 40.5. The van der Waals surface area contributed by atoms with Gasteiger partial charge >= 0.3 is 0 Å². The third-order valence-electron chi connectivity index (χ3n) is 15.3. The Kier molecular flexibility index (Phi) is 15.9. The molecule has 0 aliphatic heterocycles. The maximum atomic E-state index is 3.69. The number of para-hydroxylation sites is 4. The molecule has 0 fully saturated rings. The highest BCUT2D eigenvalue weighted by Gasteiger charge is 2.16. The van der Waals surface area contributed by atoms with Crippen LogP contribution >= 0.6 is 0 Å². The van der Waals surface area contributed by atoms with Gasteiger partial charge in [0.05, 0.1) is 0 Å². The van der Waals surface area contributed by atoms with E-state index >= 15 is 0 Å². The fourth-order valence-electron chi connectivity index (χ4n) is 11.0. The van der Waals surface area contributed by atoms with Crippen LogP contribution < -0.4 is 20.4 Å². The molecule has 0 saturated heterocycles. The zero-order valence-corrected chi connectivity index (χ0v) is 46.6. The van der Waals surface area contributed by atoms with Gasteiger partial charge in [0, 0.05) is 68.0 Å². The first-order valence-corrected chi connectivity index (χ1v) is 28.8. The van der Waals surface area contributed by atoms with E-state index in [1.165, 1.54) is 33.4 Å². The highest BCUT2D eigenvalue weighted by atomic mass is 15.1. The number of benzene rings is 12. The van der Waals surface area contributed by atoms with Gasteiger partial charge in [-0.05, 0) is 178 Å². The van der Waals surface area contributed by atoms with E-state index in [-0.39, 0.29) is 0 Å². The lowest BCUT2D eigenvalue weighted by molar-refractivity contribution is 0.922. The maximum absolute atomic E-state index is 3.69. The lowest BCUT2D eigenvalue weighted by Crippen LogP contribution is -2.10. The van der Waals surface area contributed by atoms with E-state index in [0.29, 0.717) is 0 Å². The van der Waals surface area contributed by atoms with Crippen molar-refractivity contribution in [2.45, 2.75) is 39.5 Å². The van der Waals surface area contributed by atoms with Crippen molar-refractivity contribution in [3.63, 3.8) is 0 Å². The summed E-state index contributed by atoms with van der Waals surface area (Å²) in [4.78, 5) is 4.65. The lowest BCUT2D eigenvalue weighted by Gasteiger charge is -2.26. The Bertz CT molecular complexity index is 3700. The van der Waals surface area contributed by atoms with Crippen molar-refractivity contribution in [3.05, 3.63) is 314 Å². The summed E-state index contributed by atoms with van der Waals surface area (Å²) in [5.41, 5.74) is 25.4. The third-order valence-corrected chi connectivity index (χ3v) is 15.3. The molecule has 0 unspecified atom stereocenters. The summed E-state index contributed by atoms with van der Waals surface area (Å²) in [6, 6.07) is 109. The van der Waals surface area contributed by atoms with Gasteiger partial charge in [-0.1, -0.05) is 221 Å². The fraction of sp³-hybridized carbons (Fsp3) is 0.0769. The molecule has 0 atom stereocenters. The van der Waals surface area contributed by atoms with Crippen molar-refractivity contribution in [2.24, 2.45) is 0 Å². The van der Waals surface area contributed by atoms with E-state index in [0.717, 1.165) is 116 Å². The monoisotopic (exact) mass is 1060 g/mol. The molecular formula is C78H66N4. The fourth-order valence-corrected chi connectivity index (χ4v) is 11.0. The van der Waals surface area contributed by atoms with Gasteiger partial charge in [-0.15, -0.1) is 0 Å². The number of aryl methyl sites for hydroxylation is 2. The average molecular weight is 1060 g/mol. The molecule has 0 radical (unpaired) electrons. The summed E-state index contributed by atoms with van der Waals surface area (Å²) in [7, 11) is 0. The molecule has 0 aliphatic rings. The number of nitrogens with zero attached hydrogens (tertiary/aromatic N) is 2. The molecular weight excluding hydrogens is 993 g/mol. The molecule has 12 rings (SSSR count). The minimum Gasteiger partial charge on any atom is -0.355 e. The van der Waals surface area contributed by atoms with E-state index in [1.54, 1.807) is 0 Å². The van der Waals surface area contributed by atoms with Crippen LogP contribution in [0.2, 0.25) is 0 Å². The van der Waals surface area contributed by atoms with Crippen molar-refractivity contribution in [3.8, 4) is 55.6 Å². The Hall–Kier alpha value is -10.2. The summed E-state index contributed by atoms with van der Waals surface area (Å²) in [6.45, 7) is 4.45. The Morgan fingerprint density at radius 1 is 0.232 bits per heavy atom. The van der Waals surface area contributed by atoms with Gasteiger partial charge in [-0.3, -0.25) is 0 Å². The smallest absolute Gasteiger partial charge is 0.0463 e. The summed E-state index contributed by atoms with van der Waals surface area (Å²) in [6.07, 6.45) is 4.50. The molecule has 0 bridgehead atoms. The van der Waals surface area contributed by atoms with Gasteiger partial charge in [0.25, 0.3) is 0 Å². The van der Waals surface area contributed by atoms with Crippen LogP contribution in [0.4, 0.5) is 56.9 Å². The summed E-state index contributed by atoms with van der Waals surface area (Å²) in [5, 5.41) is 7.38. The van der Waals surface area contributed by atoms with Gasteiger partial charge in [0.2, 0.25) is 0 Å². The maximum Gasteiger partial charge on any atom is 0.0463 e. The van der Waals surface area contributed by atoms with Crippen LogP contribution in [-0.2, 0) is 12.8 Å². The first kappa shape index (κ1) is 52.5. The molecule has 12 aromatic carbocycles. The van der Waals surface area contributed by atoms with E-state index in [4.69, 9.17) is 0 Å². The zero-order chi connectivity index (χ0) is 55.5. The van der Waals surface area contributed by atoms with E-state index in [2.05, 4.69) is 338 Å². The molecule has 2 N–H and O–H groups in total. The molecule has 0 spiro atoms. The van der Waals surface area contributed by atoms with Crippen LogP contribution in [-0.4, -0.2) is 0 Å². The zero-order valence-electron chi connectivity index (χ0n) is 46.6. The van der Waals surface area contributed by atoms with Crippen molar-refractivity contribution >= 4 is 56.9 Å². The van der Waals surface area contributed by atoms with Crippen molar-refractivity contribution in [2.75, 3.05) is 20.4 Å². The quantitative estimate of drug-likeness (QED) is 0.0845. The molecule has 0 aromatic heterocycles. The van der Waals surface area contributed by atoms with Crippen LogP contribution in [0.15, 0.2) is 303 Å². The Labute approximate surface area is 484 Å². The second-order valence-electron chi connectivity index (χ2n) is 20.9.